The minimum absolute atomic E-state index is 0.192. The second-order valence-corrected chi connectivity index (χ2v) is 3.30. The fraction of sp³-hybridized carbons (Fsp3) is 0.182. The van der Waals surface area contributed by atoms with Gasteiger partial charge in [0.25, 0.3) is 0 Å². The lowest BCUT2D eigenvalue weighted by molar-refractivity contribution is 0.383. The topological polar surface area (TPSA) is 56.6 Å². The van der Waals surface area contributed by atoms with Gasteiger partial charge in [0.1, 0.15) is 5.76 Å². The molecule has 1 aromatic rings. The average Bonchev–Trinajstić information content (AvgIpc) is 2.32. The van der Waals surface area contributed by atoms with Crippen molar-refractivity contribution < 1.29 is 9.47 Å². The smallest absolute Gasteiger partial charge is 0.242 e. The molecule has 17 heavy (non-hydrogen) atoms. The molecule has 0 atom stereocenters. The lowest BCUT2D eigenvalue weighted by Gasteiger charge is -2.05. The summed E-state index contributed by atoms with van der Waals surface area (Å²) in [6, 6.07) is 1.56. The fourth-order valence-corrected chi connectivity index (χ4v) is 1.14. The molecule has 1 aromatic heterocycles. The second-order valence-electron chi connectivity index (χ2n) is 2.95. The van der Waals surface area contributed by atoms with E-state index in [1.54, 1.807) is 31.3 Å². The number of nitrogens with zero attached hydrogens (tertiary/aromatic N) is 3. The van der Waals surface area contributed by atoms with Crippen LogP contribution in [0.4, 0.5) is 0 Å². The van der Waals surface area contributed by atoms with Crippen molar-refractivity contribution in [3.05, 3.63) is 35.3 Å². The predicted molar refractivity (Wildman–Crippen MR) is 66.7 cm³/mol. The molecule has 1 heterocycles. The molecule has 0 fully saturated rings. The summed E-state index contributed by atoms with van der Waals surface area (Å²) in [5, 5.41) is 7.65. The zero-order chi connectivity index (χ0) is 12.7. The van der Waals surface area contributed by atoms with Crippen LogP contribution < -0.4 is 9.47 Å². The molecule has 0 amide bonds. The Labute approximate surface area is 104 Å². The molecular formula is C11H12ClN3O2. The summed E-state index contributed by atoms with van der Waals surface area (Å²) in [6.07, 6.45) is 4.96. The van der Waals surface area contributed by atoms with Crippen LogP contribution >= 0.6 is 11.6 Å². The Morgan fingerprint density at radius 1 is 1.53 bits per heavy atom. The Bertz CT molecular complexity index is 458. The SMILES string of the molecule is C=N/C=C\C=C(/C)Oc1cc(OC)c(Cl)nn1. The van der Waals surface area contributed by atoms with Crippen molar-refractivity contribution in [2.75, 3.05) is 7.11 Å². The number of halogens is 1. The van der Waals surface area contributed by atoms with E-state index in [9.17, 15) is 0 Å². The molecule has 0 saturated carbocycles. The Balaban J connectivity index is 2.78. The summed E-state index contributed by atoms with van der Waals surface area (Å²) in [5.41, 5.74) is 0. The third-order valence-corrected chi connectivity index (χ3v) is 1.96. The van der Waals surface area contributed by atoms with Crippen LogP contribution in [0.1, 0.15) is 6.92 Å². The molecule has 0 saturated heterocycles. The highest BCUT2D eigenvalue weighted by Crippen LogP contribution is 2.24. The summed E-state index contributed by atoms with van der Waals surface area (Å²) < 4.78 is 10.4. The molecule has 0 aliphatic rings. The van der Waals surface area contributed by atoms with E-state index >= 15 is 0 Å². The molecular weight excluding hydrogens is 242 g/mol. The monoisotopic (exact) mass is 253 g/mol. The molecule has 0 radical (unpaired) electrons. The summed E-state index contributed by atoms with van der Waals surface area (Å²) in [6.45, 7) is 5.09. The summed E-state index contributed by atoms with van der Waals surface area (Å²) in [5.74, 6) is 1.34. The number of allylic oxidation sites excluding steroid dienone is 3. The van der Waals surface area contributed by atoms with Gasteiger partial charge in [-0.1, -0.05) is 11.6 Å². The van der Waals surface area contributed by atoms with E-state index in [1.165, 1.54) is 7.11 Å². The van der Waals surface area contributed by atoms with E-state index in [1.807, 2.05) is 0 Å². The quantitative estimate of drug-likeness (QED) is 0.460. The van der Waals surface area contributed by atoms with Gasteiger partial charge in [-0.25, -0.2) is 0 Å². The highest BCUT2D eigenvalue weighted by atomic mass is 35.5. The fourth-order valence-electron chi connectivity index (χ4n) is 0.974. The highest BCUT2D eigenvalue weighted by molar-refractivity contribution is 6.30. The van der Waals surface area contributed by atoms with Crippen LogP contribution in [0.3, 0.4) is 0 Å². The van der Waals surface area contributed by atoms with Gasteiger partial charge in [0.05, 0.1) is 7.11 Å². The Morgan fingerprint density at radius 2 is 2.29 bits per heavy atom. The minimum Gasteiger partial charge on any atom is -0.493 e. The number of rotatable bonds is 5. The Morgan fingerprint density at radius 3 is 2.94 bits per heavy atom. The van der Waals surface area contributed by atoms with Crippen molar-refractivity contribution in [3.8, 4) is 11.6 Å². The predicted octanol–water partition coefficient (Wildman–Crippen LogP) is 2.64. The normalized spacial score (nSPS) is 11.6. The van der Waals surface area contributed by atoms with Crippen molar-refractivity contribution in [2.45, 2.75) is 6.92 Å². The van der Waals surface area contributed by atoms with Gasteiger partial charge < -0.3 is 9.47 Å². The van der Waals surface area contributed by atoms with Crippen molar-refractivity contribution in [1.82, 2.24) is 10.2 Å². The van der Waals surface area contributed by atoms with E-state index in [0.717, 1.165) is 0 Å². The van der Waals surface area contributed by atoms with Crippen LogP contribution in [0.5, 0.6) is 11.6 Å². The standard InChI is InChI=1S/C11H12ClN3O2/c1-8(5-4-6-13-2)17-10-7-9(16-3)11(12)15-14-10/h4-7H,2H2,1,3H3/b6-4-,8-5+. The van der Waals surface area contributed by atoms with Crippen LogP contribution in [0.15, 0.2) is 35.2 Å². The van der Waals surface area contributed by atoms with Crippen LogP contribution in [-0.2, 0) is 0 Å². The Hall–Kier alpha value is -1.88. The van der Waals surface area contributed by atoms with Crippen molar-refractivity contribution in [3.63, 3.8) is 0 Å². The minimum atomic E-state index is 0.192. The second kappa shape index (κ2) is 6.65. The zero-order valence-electron chi connectivity index (χ0n) is 9.55. The number of aliphatic imine (C=N–C) groups is 1. The summed E-state index contributed by atoms with van der Waals surface area (Å²) in [4.78, 5) is 3.56. The largest absolute Gasteiger partial charge is 0.493 e. The van der Waals surface area contributed by atoms with Gasteiger partial charge in [0.15, 0.2) is 10.9 Å². The number of methoxy groups -OCH3 is 1. The number of ether oxygens (including phenoxy) is 2. The molecule has 0 N–H and O–H groups in total. The van der Waals surface area contributed by atoms with Gasteiger partial charge in [0.2, 0.25) is 5.88 Å². The first-order valence-corrected chi connectivity index (χ1v) is 5.09. The van der Waals surface area contributed by atoms with Gasteiger partial charge in [-0.3, -0.25) is 4.99 Å². The number of aromatic nitrogens is 2. The third kappa shape index (κ3) is 4.24. The van der Waals surface area contributed by atoms with Crippen LogP contribution in [0, 0.1) is 0 Å². The van der Waals surface area contributed by atoms with Crippen molar-refractivity contribution >= 4 is 18.3 Å². The number of hydrogen-bond acceptors (Lipinski definition) is 5. The highest BCUT2D eigenvalue weighted by Gasteiger charge is 2.06. The third-order valence-electron chi connectivity index (χ3n) is 1.70. The molecule has 1 rings (SSSR count). The van der Waals surface area contributed by atoms with Crippen LogP contribution in [0.2, 0.25) is 5.15 Å². The molecule has 6 heteroatoms. The van der Waals surface area contributed by atoms with E-state index in [2.05, 4.69) is 21.9 Å². The van der Waals surface area contributed by atoms with Crippen molar-refractivity contribution in [2.24, 2.45) is 4.99 Å². The number of hydrogen-bond donors (Lipinski definition) is 0. The molecule has 90 valence electrons. The van der Waals surface area contributed by atoms with Gasteiger partial charge >= 0.3 is 0 Å². The molecule has 0 unspecified atom stereocenters. The lowest BCUT2D eigenvalue weighted by atomic mass is 10.4. The molecule has 0 aromatic carbocycles. The van der Waals surface area contributed by atoms with E-state index in [0.29, 0.717) is 17.4 Å². The van der Waals surface area contributed by atoms with Gasteiger partial charge in [-0.2, -0.15) is 0 Å². The van der Waals surface area contributed by atoms with Crippen LogP contribution in [0.25, 0.3) is 0 Å². The molecule has 0 spiro atoms. The first kappa shape index (κ1) is 13.2. The lowest BCUT2D eigenvalue weighted by Crippen LogP contribution is -1.97. The van der Waals surface area contributed by atoms with E-state index in [4.69, 9.17) is 21.1 Å². The van der Waals surface area contributed by atoms with Gasteiger partial charge in [-0.05, 0) is 25.8 Å². The van der Waals surface area contributed by atoms with E-state index in [-0.39, 0.29) is 5.15 Å². The molecule has 0 aliphatic heterocycles. The molecule has 0 bridgehead atoms. The molecule has 5 nitrogen and oxygen atoms in total. The maximum Gasteiger partial charge on any atom is 0.242 e. The Kier molecular flexibility index (Phi) is 5.16. The average molecular weight is 254 g/mol. The summed E-state index contributed by atoms with van der Waals surface area (Å²) >= 11 is 5.74. The van der Waals surface area contributed by atoms with E-state index < -0.39 is 0 Å². The maximum atomic E-state index is 5.74. The molecule has 0 aliphatic carbocycles. The summed E-state index contributed by atoms with van der Waals surface area (Å²) in [7, 11) is 1.49. The van der Waals surface area contributed by atoms with Crippen LogP contribution in [-0.4, -0.2) is 24.0 Å². The van der Waals surface area contributed by atoms with Gasteiger partial charge in [0, 0.05) is 12.3 Å². The maximum absolute atomic E-state index is 5.74. The van der Waals surface area contributed by atoms with Crippen molar-refractivity contribution in [1.29, 1.82) is 0 Å². The first-order chi connectivity index (χ1) is 8.17. The van der Waals surface area contributed by atoms with Gasteiger partial charge in [-0.15, -0.1) is 10.2 Å². The first-order valence-electron chi connectivity index (χ1n) is 4.71. The zero-order valence-corrected chi connectivity index (χ0v) is 10.3.